The summed E-state index contributed by atoms with van der Waals surface area (Å²) < 4.78 is 0. The minimum Gasteiger partial charge on any atom is -0.391 e. The lowest BCUT2D eigenvalue weighted by molar-refractivity contribution is 0.116. The molecule has 0 heterocycles. The Bertz CT molecular complexity index is 416. The molecule has 1 saturated carbocycles. The molecule has 0 unspecified atom stereocenters. The van der Waals surface area contributed by atoms with Crippen molar-refractivity contribution < 1.29 is 5.11 Å². The van der Waals surface area contributed by atoms with E-state index in [2.05, 4.69) is 23.5 Å². The average Bonchev–Trinajstić information content (AvgIpc) is 2.42. The lowest BCUT2D eigenvalue weighted by Gasteiger charge is -2.31. The number of nitrogens with one attached hydrogen (secondary N) is 1. The summed E-state index contributed by atoms with van der Waals surface area (Å²) in [6, 6.07) is 6.86. The van der Waals surface area contributed by atoms with Crippen molar-refractivity contribution in [3.63, 3.8) is 0 Å². The van der Waals surface area contributed by atoms with E-state index in [-0.39, 0.29) is 12.1 Å². The second-order valence-corrected chi connectivity index (χ2v) is 5.75. The number of fused-ring (bicyclic) bond motifs is 1. The SMILES string of the molecule is O[C@H]1CCCC[C@@H]1Nc1cccc2c1CCCC2. The van der Waals surface area contributed by atoms with E-state index >= 15 is 0 Å². The van der Waals surface area contributed by atoms with Gasteiger partial charge in [-0.1, -0.05) is 25.0 Å². The van der Waals surface area contributed by atoms with Crippen molar-refractivity contribution in [2.75, 3.05) is 5.32 Å². The number of aliphatic hydroxyl groups is 1. The van der Waals surface area contributed by atoms with Gasteiger partial charge in [0.25, 0.3) is 0 Å². The maximum atomic E-state index is 10.1. The van der Waals surface area contributed by atoms with E-state index in [0.717, 1.165) is 12.8 Å². The third-order valence-corrected chi connectivity index (χ3v) is 4.47. The fourth-order valence-electron chi connectivity index (χ4n) is 3.40. The topological polar surface area (TPSA) is 32.3 Å². The normalized spacial score (nSPS) is 27.6. The molecule has 2 aliphatic carbocycles. The van der Waals surface area contributed by atoms with Crippen LogP contribution in [0, 0.1) is 0 Å². The summed E-state index contributed by atoms with van der Waals surface area (Å²) in [6.07, 6.45) is 9.34. The molecule has 1 aromatic carbocycles. The third kappa shape index (κ3) is 2.39. The molecule has 2 atom stereocenters. The van der Waals surface area contributed by atoms with Crippen molar-refractivity contribution in [1.82, 2.24) is 0 Å². The lowest BCUT2D eigenvalue weighted by Crippen LogP contribution is -2.36. The summed E-state index contributed by atoms with van der Waals surface area (Å²) in [5.74, 6) is 0. The fourth-order valence-corrected chi connectivity index (χ4v) is 3.40. The van der Waals surface area contributed by atoms with Gasteiger partial charge in [-0.2, -0.15) is 0 Å². The second-order valence-electron chi connectivity index (χ2n) is 5.75. The van der Waals surface area contributed by atoms with Crippen LogP contribution >= 0.6 is 0 Å². The number of aliphatic hydroxyl groups excluding tert-OH is 1. The third-order valence-electron chi connectivity index (χ3n) is 4.47. The van der Waals surface area contributed by atoms with Crippen molar-refractivity contribution in [3.05, 3.63) is 29.3 Å². The zero-order valence-electron chi connectivity index (χ0n) is 11.0. The van der Waals surface area contributed by atoms with E-state index in [1.807, 2.05) is 0 Å². The van der Waals surface area contributed by atoms with Crippen LogP contribution in [0.3, 0.4) is 0 Å². The first-order chi connectivity index (χ1) is 8.84. The summed E-state index contributed by atoms with van der Waals surface area (Å²) >= 11 is 0. The van der Waals surface area contributed by atoms with Gasteiger partial charge in [0.15, 0.2) is 0 Å². The molecular weight excluding hydrogens is 222 g/mol. The van der Waals surface area contributed by atoms with Gasteiger partial charge in [0, 0.05) is 5.69 Å². The zero-order valence-corrected chi connectivity index (χ0v) is 11.0. The molecule has 2 N–H and O–H groups in total. The molecule has 0 aromatic heterocycles. The van der Waals surface area contributed by atoms with Crippen molar-refractivity contribution in [1.29, 1.82) is 0 Å². The van der Waals surface area contributed by atoms with Gasteiger partial charge in [0.1, 0.15) is 0 Å². The standard InChI is InChI=1S/C16H23NO/c18-16-11-4-3-9-15(16)17-14-10-5-7-12-6-1-2-8-13(12)14/h5,7,10,15-18H,1-4,6,8-9,11H2/t15-,16-/m0/s1. The first-order valence-electron chi connectivity index (χ1n) is 7.40. The van der Waals surface area contributed by atoms with Gasteiger partial charge in [0.05, 0.1) is 12.1 Å². The van der Waals surface area contributed by atoms with Crippen LogP contribution in [0.15, 0.2) is 18.2 Å². The Labute approximate surface area is 109 Å². The molecule has 2 heteroatoms. The highest BCUT2D eigenvalue weighted by atomic mass is 16.3. The maximum Gasteiger partial charge on any atom is 0.0741 e. The molecule has 2 nitrogen and oxygen atoms in total. The Hall–Kier alpha value is -1.02. The quantitative estimate of drug-likeness (QED) is 0.838. The molecule has 0 aliphatic heterocycles. The minimum absolute atomic E-state index is 0.168. The molecule has 1 aromatic rings. The summed E-state index contributed by atoms with van der Waals surface area (Å²) in [4.78, 5) is 0. The first kappa shape index (κ1) is 12.0. The van der Waals surface area contributed by atoms with E-state index in [4.69, 9.17) is 0 Å². The Kier molecular flexibility index (Phi) is 3.55. The molecule has 0 bridgehead atoms. The predicted molar refractivity (Wildman–Crippen MR) is 75.0 cm³/mol. The van der Waals surface area contributed by atoms with Crippen LogP contribution in [-0.4, -0.2) is 17.3 Å². The van der Waals surface area contributed by atoms with Gasteiger partial charge in [0.2, 0.25) is 0 Å². The average molecular weight is 245 g/mol. The van der Waals surface area contributed by atoms with Crippen LogP contribution in [0.2, 0.25) is 0 Å². The predicted octanol–water partition coefficient (Wildman–Crippen LogP) is 3.28. The summed E-state index contributed by atoms with van der Waals surface area (Å²) in [5.41, 5.74) is 4.29. The molecule has 18 heavy (non-hydrogen) atoms. The Balaban J connectivity index is 1.79. The molecule has 0 spiro atoms. The summed E-state index contributed by atoms with van der Waals surface area (Å²) in [5, 5.41) is 13.7. The number of benzene rings is 1. The summed E-state index contributed by atoms with van der Waals surface area (Å²) in [6.45, 7) is 0. The number of hydrogen-bond donors (Lipinski definition) is 2. The first-order valence-corrected chi connectivity index (χ1v) is 7.40. The van der Waals surface area contributed by atoms with E-state index in [1.54, 1.807) is 0 Å². The lowest BCUT2D eigenvalue weighted by atomic mass is 9.88. The Morgan fingerprint density at radius 3 is 2.72 bits per heavy atom. The van der Waals surface area contributed by atoms with Crippen LogP contribution in [0.5, 0.6) is 0 Å². The van der Waals surface area contributed by atoms with Crippen LogP contribution in [0.1, 0.15) is 49.7 Å². The van der Waals surface area contributed by atoms with E-state index in [0.29, 0.717) is 0 Å². The van der Waals surface area contributed by atoms with Crippen LogP contribution in [0.4, 0.5) is 5.69 Å². The molecule has 0 saturated heterocycles. The highest BCUT2D eigenvalue weighted by Crippen LogP contribution is 2.30. The number of rotatable bonds is 2. The highest BCUT2D eigenvalue weighted by molar-refractivity contribution is 5.56. The van der Waals surface area contributed by atoms with Gasteiger partial charge in [-0.05, 0) is 55.7 Å². The fraction of sp³-hybridized carbons (Fsp3) is 0.625. The Morgan fingerprint density at radius 2 is 1.83 bits per heavy atom. The number of hydrogen-bond acceptors (Lipinski definition) is 2. The second kappa shape index (κ2) is 5.31. The van der Waals surface area contributed by atoms with E-state index < -0.39 is 0 Å². The van der Waals surface area contributed by atoms with Crippen molar-refractivity contribution in [2.24, 2.45) is 0 Å². The highest BCUT2D eigenvalue weighted by Gasteiger charge is 2.24. The maximum absolute atomic E-state index is 10.1. The van der Waals surface area contributed by atoms with Gasteiger partial charge in [-0.25, -0.2) is 0 Å². The van der Waals surface area contributed by atoms with Gasteiger partial charge < -0.3 is 10.4 Å². The smallest absolute Gasteiger partial charge is 0.0741 e. The molecular formula is C16H23NO. The molecule has 1 fully saturated rings. The van der Waals surface area contributed by atoms with Crippen LogP contribution in [0.25, 0.3) is 0 Å². The van der Waals surface area contributed by atoms with E-state index in [9.17, 15) is 5.11 Å². The number of anilines is 1. The van der Waals surface area contributed by atoms with E-state index in [1.165, 1.54) is 55.3 Å². The van der Waals surface area contributed by atoms with Gasteiger partial charge in [-0.15, -0.1) is 0 Å². The largest absolute Gasteiger partial charge is 0.391 e. The molecule has 3 rings (SSSR count). The molecule has 98 valence electrons. The van der Waals surface area contributed by atoms with Crippen molar-refractivity contribution >= 4 is 5.69 Å². The minimum atomic E-state index is -0.168. The number of aryl methyl sites for hydroxylation is 1. The molecule has 0 amide bonds. The Morgan fingerprint density at radius 1 is 1.00 bits per heavy atom. The zero-order chi connectivity index (χ0) is 12.4. The van der Waals surface area contributed by atoms with Crippen molar-refractivity contribution in [2.45, 2.75) is 63.5 Å². The molecule has 0 radical (unpaired) electrons. The monoisotopic (exact) mass is 245 g/mol. The van der Waals surface area contributed by atoms with Gasteiger partial charge in [-0.3, -0.25) is 0 Å². The molecule has 2 aliphatic rings. The summed E-state index contributed by atoms with van der Waals surface area (Å²) in [7, 11) is 0. The van der Waals surface area contributed by atoms with Gasteiger partial charge >= 0.3 is 0 Å². The van der Waals surface area contributed by atoms with Crippen molar-refractivity contribution in [3.8, 4) is 0 Å². The van der Waals surface area contributed by atoms with Crippen LogP contribution in [-0.2, 0) is 12.8 Å². The van der Waals surface area contributed by atoms with Crippen LogP contribution < -0.4 is 5.32 Å².